The number of aliphatic carboxylic acids is 1. The Balaban J connectivity index is 1.78. The molecular formula is C20H22BClO4. The average Bonchev–Trinajstić information content (AvgIpc) is 2.60. The fourth-order valence-corrected chi connectivity index (χ4v) is 2.57. The summed E-state index contributed by atoms with van der Waals surface area (Å²) >= 11 is 5.97. The maximum Gasteiger partial charge on any atom is 0.303 e. The molecule has 0 amide bonds. The number of benzene rings is 2. The van der Waals surface area contributed by atoms with Crippen molar-refractivity contribution in [3.63, 3.8) is 0 Å². The van der Waals surface area contributed by atoms with E-state index in [-0.39, 0.29) is 18.3 Å². The second kappa shape index (κ2) is 9.53. The summed E-state index contributed by atoms with van der Waals surface area (Å²) in [7, 11) is 5.67. The second-order valence-corrected chi connectivity index (χ2v) is 6.89. The van der Waals surface area contributed by atoms with Gasteiger partial charge in [-0.05, 0) is 35.7 Å². The minimum Gasteiger partial charge on any atom is -0.493 e. The van der Waals surface area contributed by atoms with Crippen molar-refractivity contribution in [1.29, 1.82) is 0 Å². The Morgan fingerprint density at radius 1 is 1.08 bits per heavy atom. The zero-order valence-electron chi connectivity index (χ0n) is 14.9. The molecule has 6 heteroatoms. The fourth-order valence-electron chi connectivity index (χ4n) is 2.40. The van der Waals surface area contributed by atoms with Crippen molar-refractivity contribution in [3.8, 4) is 11.5 Å². The molecule has 0 aromatic heterocycles. The van der Waals surface area contributed by atoms with Crippen LogP contribution < -0.4 is 14.9 Å². The monoisotopic (exact) mass is 372 g/mol. The summed E-state index contributed by atoms with van der Waals surface area (Å²) in [4.78, 5) is 10.8. The van der Waals surface area contributed by atoms with Crippen LogP contribution in [0, 0.1) is 5.92 Å². The van der Waals surface area contributed by atoms with Crippen LogP contribution in [0.2, 0.25) is 5.02 Å². The van der Waals surface area contributed by atoms with Crippen molar-refractivity contribution in [2.75, 3.05) is 13.2 Å². The molecule has 0 aliphatic heterocycles. The molecular weight excluding hydrogens is 350 g/mol. The van der Waals surface area contributed by atoms with E-state index in [4.69, 9.17) is 34.0 Å². The smallest absolute Gasteiger partial charge is 0.303 e. The molecule has 0 heterocycles. The van der Waals surface area contributed by atoms with Crippen molar-refractivity contribution < 1.29 is 19.4 Å². The lowest BCUT2D eigenvalue weighted by molar-refractivity contribution is -0.137. The normalized spacial score (nSPS) is 13.0. The third-order valence-corrected chi connectivity index (χ3v) is 4.30. The molecule has 0 spiro atoms. The average molecular weight is 373 g/mol. The first-order valence-corrected chi connectivity index (χ1v) is 8.85. The molecule has 2 radical (unpaired) electrons. The van der Waals surface area contributed by atoms with Crippen LogP contribution in [0.1, 0.15) is 31.7 Å². The van der Waals surface area contributed by atoms with E-state index < -0.39 is 5.97 Å². The number of halogens is 1. The minimum absolute atomic E-state index is 0.0272. The SMILES string of the molecule is [B]c1ccc(OCC(C)COc2ccc(C(C)CC(=O)O)cc2)cc1Cl. The number of carboxylic acids is 1. The van der Waals surface area contributed by atoms with Crippen LogP contribution in [0.3, 0.4) is 0 Å². The van der Waals surface area contributed by atoms with Crippen LogP contribution in [0.15, 0.2) is 42.5 Å². The highest BCUT2D eigenvalue weighted by Crippen LogP contribution is 2.22. The number of hydrogen-bond acceptors (Lipinski definition) is 3. The topological polar surface area (TPSA) is 55.8 Å². The first-order chi connectivity index (χ1) is 12.3. The largest absolute Gasteiger partial charge is 0.493 e. The van der Waals surface area contributed by atoms with Crippen molar-refractivity contribution in [2.24, 2.45) is 5.92 Å². The second-order valence-electron chi connectivity index (χ2n) is 6.48. The number of ether oxygens (including phenoxy) is 2. The zero-order chi connectivity index (χ0) is 19.1. The lowest BCUT2D eigenvalue weighted by Gasteiger charge is -2.15. The first kappa shape index (κ1) is 20.2. The van der Waals surface area contributed by atoms with Gasteiger partial charge in [0.2, 0.25) is 0 Å². The summed E-state index contributed by atoms with van der Waals surface area (Å²) < 4.78 is 11.5. The maximum absolute atomic E-state index is 10.8. The summed E-state index contributed by atoms with van der Waals surface area (Å²) in [6.45, 7) is 4.93. The standard InChI is InChI=1S/C20H22BClO4/c1-13(12-26-17-7-8-18(21)19(22)10-17)11-25-16-5-3-15(4-6-16)14(2)9-20(23)24/h3-8,10,13-14H,9,11-12H2,1-2H3,(H,23,24). The van der Waals surface area contributed by atoms with Crippen molar-refractivity contribution in [3.05, 3.63) is 53.1 Å². The van der Waals surface area contributed by atoms with E-state index in [1.165, 1.54) is 0 Å². The van der Waals surface area contributed by atoms with Gasteiger partial charge in [-0.3, -0.25) is 4.79 Å². The summed E-state index contributed by atoms with van der Waals surface area (Å²) in [5.41, 5.74) is 1.51. The van der Waals surface area contributed by atoms with E-state index in [9.17, 15) is 4.79 Å². The summed E-state index contributed by atoms with van der Waals surface area (Å²) in [5, 5.41) is 9.33. The molecule has 0 aliphatic rings. The molecule has 0 bridgehead atoms. The highest BCUT2D eigenvalue weighted by molar-refractivity contribution is 6.45. The fraction of sp³-hybridized carbons (Fsp3) is 0.350. The molecule has 1 N–H and O–H groups in total. The van der Waals surface area contributed by atoms with Crippen molar-refractivity contribution in [1.82, 2.24) is 0 Å². The van der Waals surface area contributed by atoms with E-state index in [1.54, 1.807) is 18.2 Å². The Bertz CT molecular complexity index is 733. The molecule has 136 valence electrons. The highest BCUT2D eigenvalue weighted by atomic mass is 35.5. The lowest BCUT2D eigenvalue weighted by Crippen LogP contribution is -2.17. The Labute approximate surface area is 160 Å². The highest BCUT2D eigenvalue weighted by Gasteiger charge is 2.11. The number of rotatable bonds is 9. The molecule has 26 heavy (non-hydrogen) atoms. The molecule has 4 nitrogen and oxygen atoms in total. The van der Waals surface area contributed by atoms with Gasteiger partial charge in [-0.15, -0.1) is 0 Å². The molecule has 0 aliphatic carbocycles. The quantitative estimate of drug-likeness (QED) is 0.680. The predicted octanol–water partition coefficient (Wildman–Crippen LogP) is 3.81. The van der Waals surface area contributed by atoms with E-state index in [0.29, 0.717) is 29.4 Å². The van der Waals surface area contributed by atoms with Crippen LogP contribution >= 0.6 is 11.6 Å². The number of hydrogen-bond donors (Lipinski definition) is 1. The van der Waals surface area contributed by atoms with Gasteiger partial charge in [-0.1, -0.05) is 49.1 Å². The van der Waals surface area contributed by atoms with Gasteiger partial charge < -0.3 is 14.6 Å². The number of carboxylic acid groups (broad SMARTS) is 1. The summed E-state index contributed by atoms with van der Waals surface area (Å²) in [6.07, 6.45) is 0.115. The number of carbonyl (C=O) groups is 1. The summed E-state index contributed by atoms with van der Waals surface area (Å²) in [5.74, 6) is 0.776. The van der Waals surface area contributed by atoms with Gasteiger partial charge in [-0.25, -0.2) is 0 Å². The van der Waals surface area contributed by atoms with Crippen molar-refractivity contribution in [2.45, 2.75) is 26.2 Å². The van der Waals surface area contributed by atoms with Gasteiger partial charge in [0.1, 0.15) is 19.3 Å². The Kier molecular flexibility index (Phi) is 7.40. The van der Waals surface area contributed by atoms with E-state index in [0.717, 1.165) is 11.3 Å². The van der Waals surface area contributed by atoms with Crippen molar-refractivity contribution >= 4 is 30.9 Å². The molecule has 2 unspecified atom stereocenters. The predicted molar refractivity (Wildman–Crippen MR) is 104 cm³/mol. The molecule has 0 saturated heterocycles. The molecule has 2 rings (SSSR count). The summed E-state index contributed by atoms with van der Waals surface area (Å²) in [6, 6.07) is 12.7. The van der Waals surface area contributed by atoms with Gasteiger partial charge >= 0.3 is 5.97 Å². The zero-order valence-corrected chi connectivity index (χ0v) is 15.7. The molecule has 2 aromatic rings. The lowest BCUT2D eigenvalue weighted by atomic mass is 9.96. The van der Waals surface area contributed by atoms with Gasteiger partial charge in [0.05, 0.1) is 19.6 Å². The first-order valence-electron chi connectivity index (χ1n) is 8.47. The van der Waals surface area contributed by atoms with Gasteiger partial charge in [0, 0.05) is 10.9 Å². The van der Waals surface area contributed by atoms with Gasteiger partial charge in [0.15, 0.2) is 0 Å². The third kappa shape index (κ3) is 6.30. The van der Waals surface area contributed by atoms with Gasteiger partial charge in [0.25, 0.3) is 0 Å². The van der Waals surface area contributed by atoms with Crippen LogP contribution in [-0.4, -0.2) is 32.1 Å². The Morgan fingerprint density at radius 2 is 1.65 bits per heavy atom. The maximum atomic E-state index is 10.8. The van der Waals surface area contributed by atoms with Crippen LogP contribution in [0.4, 0.5) is 0 Å². The van der Waals surface area contributed by atoms with Crippen LogP contribution in [0.5, 0.6) is 11.5 Å². The Morgan fingerprint density at radius 3 is 2.23 bits per heavy atom. The van der Waals surface area contributed by atoms with Crippen LogP contribution in [0.25, 0.3) is 0 Å². The van der Waals surface area contributed by atoms with E-state index in [2.05, 4.69) is 0 Å². The molecule has 2 aromatic carbocycles. The van der Waals surface area contributed by atoms with E-state index in [1.807, 2.05) is 38.1 Å². The van der Waals surface area contributed by atoms with Gasteiger partial charge in [-0.2, -0.15) is 0 Å². The van der Waals surface area contributed by atoms with E-state index >= 15 is 0 Å². The molecule has 0 fully saturated rings. The molecule has 2 atom stereocenters. The minimum atomic E-state index is -0.797. The molecule has 0 saturated carbocycles. The third-order valence-electron chi connectivity index (χ3n) is 3.97. The Hall–Kier alpha value is -2.14. The van der Waals surface area contributed by atoms with Crippen LogP contribution in [-0.2, 0) is 4.79 Å².